The van der Waals surface area contributed by atoms with E-state index in [-0.39, 0.29) is 6.09 Å². The first-order chi connectivity index (χ1) is 12.2. The first-order valence-electron chi connectivity index (χ1n) is 8.19. The monoisotopic (exact) mass is 343 g/mol. The number of rotatable bonds is 4. The number of hydrogen-bond acceptors (Lipinski definition) is 7. The van der Waals surface area contributed by atoms with Crippen molar-refractivity contribution in [3.63, 3.8) is 0 Å². The first-order valence-corrected chi connectivity index (χ1v) is 8.19. The predicted octanol–water partition coefficient (Wildman–Crippen LogP) is 2.13. The summed E-state index contributed by atoms with van der Waals surface area (Å²) in [6.45, 7) is 4.51. The zero-order valence-electron chi connectivity index (χ0n) is 14.1. The van der Waals surface area contributed by atoms with Crippen LogP contribution in [0.3, 0.4) is 0 Å². The second-order valence-electron chi connectivity index (χ2n) is 5.50. The normalized spacial score (nSPS) is 14.3. The highest BCUT2D eigenvalue weighted by molar-refractivity contribution is 5.70. The van der Waals surface area contributed by atoms with Gasteiger partial charge < -0.3 is 25.0 Å². The number of nitrogens with two attached hydrogens (primary N) is 1. The molecule has 0 aliphatic carbocycles. The van der Waals surface area contributed by atoms with Crippen LogP contribution in [0.2, 0.25) is 0 Å². The van der Waals surface area contributed by atoms with Crippen molar-refractivity contribution in [2.24, 2.45) is 0 Å². The summed E-state index contributed by atoms with van der Waals surface area (Å²) in [7, 11) is 0. The molecule has 0 unspecified atom stereocenters. The lowest BCUT2D eigenvalue weighted by molar-refractivity contribution is 0.105. The molecule has 0 saturated carbocycles. The summed E-state index contributed by atoms with van der Waals surface area (Å²) in [5.41, 5.74) is 6.59. The van der Waals surface area contributed by atoms with Gasteiger partial charge in [-0.1, -0.05) is 18.2 Å². The number of nitrogen functional groups attached to an aromatic ring is 1. The van der Waals surface area contributed by atoms with E-state index < -0.39 is 0 Å². The molecule has 132 valence electrons. The Morgan fingerprint density at radius 2 is 1.88 bits per heavy atom. The highest BCUT2D eigenvalue weighted by atomic mass is 16.6. The number of carbonyl (C=O) groups excluding carboxylic acids is 1. The highest BCUT2D eigenvalue weighted by Gasteiger charge is 2.25. The minimum Gasteiger partial charge on any atom is -0.450 e. The fraction of sp³-hybridized carbons (Fsp3) is 0.353. The number of nitrogens with zero attached hydrogens (tertiary/aromatic N) is 4. The van der Waals surface area contributed by atoms with Gasteiger partial charge in [-0.3, -0.25) is 0 Å². The molecule has 0 bridgehead atoms. The zero-order chi connectivity index (χ0) is 17.6. The number of carbonyl (C=O) groups is 1. The van der Waals surface area contributed by atoms with Gasteiger partial charge in [-0.15, -0.1) is 0 Å². The third kappa shape index (κ3) is 3.90. The molecular formula is C17H21N5O3. The molecule has 0 spiro atoms. The Bertz CT molecular complexity index is 717. The fourth-order valence-electron chi connectivity index (χ4n) is 2.62. The van der Waals surface area contributed by atoms with Gasteiger partial charge >= 0.3 is 6.09 Å². The Labute approximate surface area is 146 Å². The summed E-state index contributed by atoms with van der Waals surface area (Å²) in [5, 5.41) is 0. The van der Waals surface area contributed by atoms with E-state index in [0.29, 0.717) is 55.9 Å². The van der Waals surface area contributed by atoms with E-state index in [2.05, 4.69) is 9.97 Å². The van der Waals surface area contributed by atoms with Crippen molar-refractivity contribution in [2.75, 3.05) is 43.4 Å². The Hall–Kier alpha value is -3.03. The minimum atomic E-state index is -0.286. The van der Waals surface area contributed by atoms with Crippen LogP contribution >= 0.6 is 0 Å². The fourth-order valence-corrected chi connectivity index (χ4v) is 2.62. The molecule has 1 amide bonds. The Morgan fingerprint density at radius 1 is 1.16 bits per heavy atom. The molecule has 8 heteroatoms. The number of ether oxygens (including phenoxy) is 2. The number of aromatic nitrogens is 2. The van der Waals surface area contributed by atoms with Gasteiger partial charge in [0.2, 0.25) is 5.88 Å². The van der Waals surface area contributed by atoms with Crippen LogP contribution in [0.25, 0.3) is 0 Å². The molecule has 0 atom stereocenters. The van der Waals surface area contributed by atoms with Gasteiger partial charge in [0.1, 0.15) is 17.8 Å². The molecule has 3 rings (SSSR count). The van der Waals surface area contributed by atoms with Gasteiger partial charge in [0.15, 0.2) is 5.82 Å². The van der Waals surface area contributed by atoms with Gasteiger partial charge in [0.05, 0.1) is 6.61 Å². The van der Waals surface area contributed by atoms with Crippen molar-refractivity contribution in [1.29, 1.82) is 0 Å². The number of benzene rings is 1. The van der Waals surface area contributed by atoms with E-state index in [4.69, 9.17) is 15.2 Å². The summed E-state index contributed by atoms with van der Waals surface area (Å²) in [5.74, 6) is 1.60. The molecule has 2 aromatic rings. The van der Waals surface area contributed by atoms with Gasteiger partial charge in [-0.05, 0) is 19.1 Å². The number of anilines is 2. The molecule has 1 saturated heterocycles. The third-order valence-corrected chi connectivity index (χ3v) is 3.89. The topological polar surface area (TPSA) is 93.8 Å². The molecule has 25 heavy (non-hydrogen) atoms. The molecule has 1 aromatic heterocycles. The van der Waals surface area contributed by atoms with Gasteiger partial charge in [0, 0.05) is 26.2 Å². The van der Waals surface area contributed by atoms with Gasteiger partial charge in [-0.2, -0.15) is 4.98 Å². The van der Waals surface area contributed by atoms with Crippen LogP contribution in [0.4, 0.5) is 16.3 Å². The summed E-state index contributed by atoms with van der Waals surface area (Å²) in [6, 6.07) is 9.33. The quantitative estimate of drug-likeness (QED) is 0.909. The van der Waals surface area contributed by atoms with E-state index in [1.807, 2.05) is 35.2 Å². The maximum atomic E-state index is 11.8. The molecule has 1 aromatic carbocycles. The molecule has 2 heterocycles. The zero-order valence-corrected chi connectivity index (χ0v) is 14.1. The van der Waals surface area contributed by atoms with E-state index in [1.54, 1.807) is 11.8 Å². The highest BCUT2D eigenvalue weighted by Crippen LogP contribution is 2.31. The molecule has 8 nitrogen and oxygen atoms in total. The van der Waals surface area contributed by atoms with E-state index in [1.165, 1.54) is 6.33 Å². The molecule has 0 radical (unpaired) electrons. The summed E-state index contributed by atoms with van der Waals surface area (Å²) >= 11 is 0. The van der Waals surface area contributed by atoms with E-state index in [9.17, 15) is 4.79 Å². The minimum absolute atomic E-state index is 0.286. The number of piperazine rings is 1. The van der Waals surface area contributed by atoms with Crippen LogP contribution in [0.15, 0.2) is 36.7 Å². The van der Waals surface area contributed by atoms with Crippen LogP contribution < -0.4 is 15.4 Å². The van der Waals surface area contributed by atoms with Crippen molar-refractivity contribution in [1.82, 2.24) is 14.9 Å². The second-order valence-corrected chi connectivity index (χ2v) is 5.50. The Balaban J connectivity index is 1.69. The summed E-state index contributed by atoms with van der Waals surface area (Å²) in [4.78, 5) is 23.9. The first kappa shape index (κ1) is 16.8. The SMILES string of the molecule is CCOC(=O)N1CCN(c2ncnc(Oc3ccccc3)c2N)CC1. The second kappa shape index (κ2) is 7.69. The summed E-state index contributed by atoms with van der Waals surface area (Å²) in [6.07, 6.45) is 1.15. The van der Waals surface area contributed by atoms with Crippen molar-refractivity contribution in [2.45, 2.75) is 6.92 Å². The Kier molecular flexibility index (Phi) is 5.17. The van der Waals surface area contributed by atoms with Crippen molar-refractivity contribution < 1.29 is 14.3 Å². The largest absolute Gasteiger partial charge is 0.450 e. The van der Waals surface area contributed by atoms with Gasteiger partial charge in [0.25, 0.3) is 0 Å². The Morgan fingerprint density at radius 3 is 2.56 bits per heavy atom. The van der Waals surface area contributed by atoms with E-state index >= 15 is 0 Å². The summed E-state index contributed by atoms with van der Waals surface area (Å²) < 4.78 is 10.8. The lowest BCUT2D eigenvalue weighted by Gasteiger charge is -2.35. The van der Waals surface area contributed by atoms with Crippen LogP contribution in [0.1, 0.15) is 6.92 Å². The maximum absolute atomic E-state index is 11.8. The van der Waals surface area contributed by atoms with Crippen molar-refractivity contribution >= 4 is 17.6 Å². The van der Waals surface area contributed by atoms with Crippen LogP contribution in [-0.4, -0.2) is 53.7 Å². The smallest absolute Gasteiger partial charge is 0.409 e. The van der Waals surface area contributed by atoms with Crippen LogP contribution in [0.5, 0.6) is 11.6 Å². The van der Waals surface area contributed by atoms with Crippen LogP contribution in [0, 0.1) is 0 Å². The average molecular weight is 343 g/mol. The van der Waals surface area contributed by atoms with Crippen molar-refractivity contribution in [3.8, 4) is 11.6 Å². The third-order valence-electron chi connectivity index (χ3n) is 3.89. The predicted molar refractivity (Wildman–Crippen MR) is 93.8 cm³/mol. The van der Waals surface area contributed by atoms with Gasteiger partial charge in [-0.25, -0.2) is 9.78 Å². The lowest BCUT2D eigenvalue weighted by atomic mass is 10.3. The molecular weight excluding hydrogens is 322 g/mol. The average Bonchev–Trinajstić information content (AvgIpc) is 2.65. The number of hydrogen-bond donors (Lipinski definition) is 1. The number of para-hydroxylation sites is 1. The molecule has 1 aliphatic rings. The van der Waals surface area contributed by atoms with E-state index in [0.717, 1.165) is 0 Å². The molecule has 1 aliphatic heterocycles. The van der Waals surface area contributed by atoms with Crippen LogP contribution in [-0.2, 0) is 4.74 Å². The standard InChI is InChI=1S/C17H21N5O3/c1-2-24-17(23)22-10-8-21(9-11-22)15-14(18)16(20-12-19-15)25-13-6-4-3-5-7-13/h3-7,12H,2,8-11,18H2,1H3. The molecule has 1 fully saturated rings. The van der Waals surface area contributed by atoms with Crippen molar-refractivity contribution in [3.05, 3.63) is 36.7 Å². The number of amides is 1. The lowest BCUT2D eigenvalue weighted by Crippen LogP contribution is -2.49. The molecule has 2 N–H and O–H groups in total. The maximum Gasteiger partial charge on any atom is 0.409 e.